The average Bonchev–Trinajstić information content (AvgIpc) is 2.14. The van der Waals surface area contributed by atoms with Gasteiger partial charge in [0.15, 0.2) is 0 Å². The molecule has 14 heavy (non-hydrogen) atoms. The maximum absolute atomic E-state index is 3.64. The van der Waals surface area contributed by atoms with E-state index in [4.69, 9.17) is 0 Å². The van der Waals surface area contributed by atoms with Crippen molar-refractivity contribution in [3.8, 4) is 0 Å². The van der Waals surface area contributed by atoms with Crippen molar-refractivity contribution < 1.29 is 0 Å². The van der Waals surface area contributed by atoms with Crippen molar-refractivity contribution in [2.24, 2.45) is 11.8 Å². The number of rotatable bonds is 8. The van der Waals surface area contributed by atoms with Crippen LogP contribution >= 0.6 is 0 Å². The lowest BCUT2D eigenvalue weighted by atomic mass is 9.95. The van der Waals surface area contributed by atoms with E-state index < -0.39 is 0 Å². The number of hydrogen-bond donors (Lipinski definition) is 1. The summed E-state index contributed by atoms with van der Waals surface area (Å²) in [7, 11) is 0. The third-order valence-corrected chi connectivity index (χ3v) is 3.18. The van der Waals surface area contributed by atoms with Crippen LogP contribution in [0.1, 0.15) is 60.3 Å². The Morgan fingerprint density at radius 1 is 1.00 bits per heavy atom. The van der Waals surface area contributed by atoms with E-state index in [1.165, 1.54) is 32.2 Å². The lowest BCUT2D eigenvalue weighted by Gasteiger charge is -2.22. The molecule has 0 saturated heterocycles. The van der Waals surface area contributed by atoms with E-state index in [1.54, 1.807) is 0 Å². The monoisotopic (exact) mass is 199 g/mol. The van der Waals surface area contributed by atoms with Crippen LogP contribution in [0.15, 0.2) is 0 Å². The van der Waals surface area contributed by atoms with E-state index in [-0.39, 0.29) is 0 Å². The van der Waals surface area contributed by atoms with Crippen LogP contribution in [-0.2, 0) is 0 Å². The summed E-state index contributed by atoms with van der Waals surface area (Å²) in [5.74, 6) is 1.70. The topological polar surface area (TPSA) is 12.0 Å². The molecule has 86 valence electrons. The second-order valence-electron chi connectivity index (χ2n) is 4.86. The molecule has 1 atom stereocenters. The molecule has 0 aromatic rings. The molecule has 0 fully saturated rings. The Kier molecular flexibility index (Phi) is 8.26. The van der Waals surface area contributed by atoms with Crippen LogP contribution in [0.25, 0.3) is 0 Å². The van der Waals surface area contributed by atoms with Crippen molar-refractivity contribution in [2.45, 2.75) is 66.3 Å². The Morgan fingerprint density at radius 3 is 2.00 bits per heavy atom. The van der Waals surface area contributed by atoms with Crippen molar-refractivity contribution in [3.63, 3.8) is 0 Å². The lowest BCUT2D eigenvalue weighted by molar-refractivity contribution is 0.349. The normalized spacial score (nSPS) is 13.9. The predicted octanol–water partition coefficient (Wildman–Crippen LogP) is 3.84. The summed E-state index contributed by atoms with van der Waals surface area (Å²) in [4.78, 5) is 0. The van der Waals surface area contributed by atoms with Crippen LogP contribution in [0.4, 0.5) is 0 Å². The fourth-order valence-electron chi connectivity index (χ4n) is 2.00. The van der Waals surface area contributed by atoms with Gasteiger partial charge in [0.2, 0.25) is 0 Å². The number of hydrogen-bond acceptors (Lipinski definition) is 1. The summed E-state index contributed by atoms with van der Waals surface area (Å²) in [6.07, 6.45) is 5.27. The first-order valence-corrected chi connectivity index (χ1v) is 6.35. The van der Waals surface area contributed by atoms with Crippen molar-refractivity contribution >= 4 is 0 Å². The molecule has 1 N–H and O–H groups in total. The van der Waals surface area contributed by atoms with Gasteiger partial charge in [-0.1, -0.05) is 40.5 Å². The largest absolute Gasteiger partial charge is 0.314 e. The highest BCUT2D eigenvalue weighted by molar-refractivity contribution is 4.69. The molecule has 0 aromatic heterocycles. The molecule has 1 heteroatoms. The van der Waals surface area contributed by atoms with Gasteiger partial charge in [-0.3, -0.25) is 0 Å². The van der Waals surface area contributed by atoms with Gasteiger partial charge in [-0.15, -0.1) is 0 Å². The smallest absolute Gasteiger partial charge is 0.00667 e. The standard InChI is InChI=1S/C13H29N/c1-6-13(7-2)12(5)14-10-8-9-11(3)4/h11-14H,6-10H2,1-5H3. The molecule has 0 aromatic carbocycles. The van der Waals surface area contributed by atoms with Crippen LogP contribution < -0.4 is 5.32 Å². The maximum Gasteiger partial charge on any atom is 0.00667 e. The molecule has 0 saturated carbocycles. The van der Waals surface area contributed by atoms with Gasteiger partial charge in [0, 0.05) is 6.04 Å². The maximum atomic E-state index is 3.64. The summed E-state index contributed by atoms with van der Waals surface area (Å²) in [6.45, 7) is 12.7. The molecule has 0 rings (SSSR count). The first kappa shape index (κ1) is 14.0. The summed E-state index contributed by atoms with van der Waals surface area (Å²) >= 11 is 0. The molecular formula is C13H29N. The van der Waals surface area contributed by atoms with Crippen molar-refractivity contribution in [1.29, 1.82) is 0 Å². The van der Waals surface area contributed by atoms with E-state index in [0.29, 0.717) is 6.04 Å². The average molecular weight is 199 g/mol. The van der Waals surface area contributed by atoms with Gasteiger partial charge in [-0.25, -0.2) is 0 Å². The van der Waals surface area contributed by atoms with Crippen LogP contribution in [0, 0.1) is 11.8 Å². The second-order valence-corrected chi connectivity index (χ2v) is 4.86. The molecule has 0 heterocycles. The lowest BCUT2D eigenvalue weighted by Crippen LogP contribution is -2.33. The van der Waals surface area contributed by atoms with E-state index >= 15 is 0 Å². The summed E-state index contributed by atoms with van der Waals surface area (Å²) in [5, 5.41) is 3.64. The highest BCUT2D eigenvalue weighted by atomic mass is 14.9. The highest BCUT2D eigenvalue weighted by Gasteiger charge is 2.11. The molecule has 0 aliphatic rings. The van der Waals surface area contributed by atoms with Gasteiger partial charge in [0.1, 0.15) is 0 Å². The van der Waals surface area contributed by atoms with Gasteiger partial charge in [-0.05, 0) is 38.1 Å². The van der Waals surface area contributed by atoms with Crippen LogP contribution in [0.3, 0.4) is 0 Å². The first-order chi connectivity index (χ1) is 6.61. The zero-order valence-electron chi connectivity index (χ0n) is 10.8. The molecule has 0 spiro atoms. The summed E-state index contributed by atoms with van der Waals surface area (Å²) in [6, 6.07) is 0.692. The quantitative estimate of drug-likeness (QED) is 0.586. The fraction of sp³-hybridized carbons (Fsp3) is 1.00. The predicted molar refractivity (Wildman–Crippen MR) is 65.6 cm³/mol. The Hall–Kier alpha value is -0.0400. The van der Waals surface area contributed by atoms with Crippen molar-refractivity contribution in [2.75, 3.05) is 6.54 Å². The molecule has 0 aliphatic heterocycles. The minimum Gasteiger partial charge on any atom is -0.314 e. The van der Waals surface area contributed by atoms with E-state index in [0.717, 1.165) is 11.8 Å². The zero-order chi connectivity index (χ0) is 11.0. The van der Waals surface area contributed by atoms with E-state index in [1.807, 2.05) is 0 Å². The third kappa shape index (κ3) is 6.42. The van der Waals surface area contributed by atoms with Gasteiger partial charge in [0.25, 0.3) is 0 Å². The first-order valence-electron chi connectivity index (χ1n) is 6.35. The van der Waals surface area contributed by atoms with E-state index in [2.05, 4.69) is 39.9 Å². The molecule has 0 amide bonds. The molecule has 0 aliphatic carbocycles. The van der Waals surface area contributed by atoms with Crippen LogP contribution in [-0.4, -0.2) is 12.6 Å². The summed E-state index contributed by atoms with van der Waals surface area (Å²) in [5.41, 5.74) is 0. The van der Waals surface area contributed by atoms with Gasteiger partial charge < -0.3 is 5.32 Å². The van der Waals surface area contributed by atoms with E-state index in [9.17, 15) is 0 Å². The Bertz CT molecular complexity index is 116. The van der Waals surface area contributed by atoms with Crippen LogP contribution in [0.2, 0.25) is 0 Å². The van der Waals surface area contributed by atoms with Gasteiger partial charge >= 0.3 is 0 Å². The molecule has 0 radical (unpaired) electrons. The Balaban J connectivity index is 3.47. The highest BCUT2D eigenvalue weighted by Crippen LogP contribution is 2.12. The Labute approximate surface area is 90.7 Å². The molecular weight excluding hydrogens is 170 g/mol. The van der Waals surface area contributed by atoms with Crippen molar-refractivity contribution in [1.82, 2.24) is 5.32 Å². The second kappa shape index (κ2) is 8.28. The number of nitrogens with one attached hydrogen (secondary N) is 1. The summed E-state index contributed by atoms with van der Waals surface area (Å²) < 4.78 is 0. The molecule has 0 bridgehead atoms. The van der Waals surface area contributed by atoms with Gasteiger partial charge in [-0.2, -0.15) is 0 Å². The molecule has 1 unspecified atom stereocenters. The van der Waals surface area contributed by atoms with Crippen molar-refractivity contribution in [3.05, 3.63) is 0 Å². The SMILES string of the molecule is CCC(CC)C(C)NCCCC(C)C. The molecule has 1 nitrogen and oxygen atoms in total. The van der Waals surface area contributed by atoms with Crippen LogP contribution in [0.5, 0.6) is 0 Å². The third-order valence-electron chi connectivity index (χ3n) is 3.18. The zero-order valence-corrected chi connectivity index (χ0v) is 10.8. The van der Waals surface area contributed by atoms with Gasteiger partial charge in [0.05, 0.1) is 0 Å². The Morgan fingerprint density at radius 2 is 1.57 bits per heavy atom. The minimum atomic E-state index is 0.692. The fourth-order valence-corrected chi connectivity index (χ4v) is 2.00. The minimum absolute atomic E-state index is 0.692.